The number of halogens is 1. The second-order valence-corrected chi connectivity index (χ2v) is 4.89. The van der Waals surface area contributed by atoms with Crippen molar-refractivity contribution >= 4 is 27.5 Å². The molecule has 18 heavy (non-hydrogen) atoms. The van der Waals surface area contributed by atoms with Crippen LogP contribution in [0.15, 0.2) is 10.7 Å². The van der Waals surface area contributed by atoms with Crippen LogP contribution in [0.2, 0.25) is 0 Å². The van der Waals surface area contributed by atoms with Crippen molar-refractivity contribution in [3.8, 4) is 0 Å². The smallest absolute Gasteiger partial charge is 0.277 e. The van der Waals surface area contributed by atoms with E-state index in [1.807, 2.05) is 20.9 Å². The predicted molar refractivity (Wildman–Crippen MR) is 71.5 cm³/mol. The summed E-state index contributed by atoms with van der Waals surface area (Å²) in [5.74, 6) is -0.248. The first kappa shape index (κ1) is 12.8. The summed E-state index contributed by atoms with van der Waals surface area (Å²) in [6, 6.07) is 0. The third-order valence-electron chi connectivity index (χ3n) is 2.96. The molecule has 7 heteroatoms. The van der Waals surface area contributed by atoms with Gasteiger partial charge in [0.1, 0.15) is 0 Å². The Bertz CT molecular complexity index is 613. The van der Waals surface area contributed by atoms with Gasteiger partial charge in [0.15, 0.2) is 5.69 Å². The van der Waals surface area contributed by atoms with Crippen LogP contribution in [0.5, 0.6) is 0 Å². The van der Waals surface area contributed by atoms with Crippen LogP contribution in [-0.4, -0.2) is 25.5 Å². The van der Waals surface area contributed by atoms with Gasteiger partial charge in [-0.3, -0.25) is 14.2 Å². The van der Waals surface area contributed by atoms with E-state index >= 15 is 0 Å². The molecule has 0 aliphatic carbocycles. The van der Waals surface area contributed by atoms with Gasteiger partial charge in [-0.05, 0) is 29.8 Å². The topological polar surface area (TPSA) is 64.7 Å². The van der Waals surface area contributed by atoms with Crippen molar-refractivity contribution in [2.24, 2.45) is 14.1 Å². The number of hydrogen-bond donors (Lipinski definition) is 1. The molecule has 0 fully saturated rings. The molecular formula is C11H14BrN5O. The fourth-order valence-electron chi connectivity index (χ4n) is 1.53. The zero-order valence-electron chi connectivity index (χ0n) is 10.7. The zero-order chi connectivity index (χ0) is 13.4. The summed E-state index contributed by atoms with van der Waals surface area (Å²) in [4.78, 5) is 12.1. The number of hydrogen-bond acceptors (Lipinski definition) is 3. The number of carbonyl (C=O) groups is 1. The van der Waals surface area contributed by atoms with E-state index in [9.17, 15) is 4.79 Å². The van der Waals surface area contributed by atoms with Gasteiger partial charge in [-0.25, -0.2) is 0 Å². The Balaban J connectivity index is 2.27. The maximum atomic E-state index is 12.1. The molecule has 1 amide bonds. The van der Waals surface area contributed by atoms with Crippen molar-refractivity contribution < 1.29 is 4.79 Å². The molecule has 0 atom stereocenters. The Morgan fingerprint density at radius 3 is 2.39 bits per heavy atom. The molecule has 0 aromatic carbocycles. The van der Waals surface area contributed by atoms with Gasteiger partial charge in [0.05, 0.1) is 27.7 Å². The first-order valence-electron chi connectivity index (χ1n) is 5.41. The molecule has 2 aromatic heterocycles. The van der Waals surface area contributed by atoms with Crippen molar-refractivity contribution in [2.45, 2.75) is 13.8 Å². The Labute approximate surface area is 113 Å². The Morgan fingerprint density at radius 2 is 1.94 bits per heavy atom. The second-order valence-electron chi connectivity index (χ2n) is 4.09. The molecule has 0 unspecified atom stereocenters. The first-order chi connectivity index (χ1) is 8.41. The van der Waals surface area contributed by atoms with Crippen LogP contribution in [-0.2, 0) is 14.1 Å². The molecule has 96 valence electrons. The minimum Gasteiger partial charge on any atom is -0.318 e. The summed E-state index contributed by atoms with van der Waals surface area (Å²) < 4.78 is 4.08. The van der Waals surface area contributed by atoms with E-state index in [4.69, 9.17) is 0 Å². The average Bonchev–Trinajstić information content (AvgIpc) is 2.77. The molecule has 1 N–H and O–H groups in total. The number of nitrogens with one attached hydrogen (secondary N) is 1. The van der Waals surface area contributed by atoms with Gasteiger partial charge < -0.3 is 5.32 Å². The highest BCUT2D eigenvalue weighted by Crippen LogP contribution is 2.21. The first-order valence-corrected chi connectivity index (χ1v) is 6.20. The van der Waals surface area contributed by atoms with Gasteiger partial charge in [-0.2, -0.15) is 10.2 Å². The SMILES string of the molecule is Cc1c(NC(=O)c2nn(C)c(C)c2Br)cnn1C. The van der Waals surface area contributed by atoms with Crippen LogP contribution < -0.4 is 5.32 Å². The van der Waals surface area contributed by atoms with Crippen LogP contribution in [0.3, 0.4) is 0 Å². The minimum atomic E-state index is -0.248. The Kier molecular flexibility index (Phi) is 3.25. The van der Waals surface area contributed by atoms with Crippen LogP contribution in [0.25, 0.3) is 0 Å². The van der Waals surface area contributed by atoms with Gasteiger partial charge in [-0.1, -0.05) is 0 Å². The third kappa shape index (κ3) is 2.05. The molecule has 0 aliphatic rings. The van der Waals surface area contributed by atoms with Crippen molar-refractivity contribution in [3.05, 3.63) is 27.8 Å². The summed E-state index contributed by atoms with van der Waals surface area (Å²) >= 11 is 3.37. The summed E-state index contributed by atoms with van der Waals surface area (Å²) in [6.45, 7) is 3.78. The lowest BCUT2D eigenvalue weighted by Crippen LogP contribution is -2.14. The van der Waals surface area contributed by atoms with Gasteiger partial charge >= 0.3 is 0 Å². The molecule has 0 saturated heterocycles. The predicted octanol–water partition coefficient (Wildman–Crippen LogP) is 1.79. The van der Waals surface area contributed by atoms with Gasteiger partial charge in [0.25, 0.3) is 5.91 Å². The molecule has 0 aliphatic heterocycles. The maximum absolute atomic E-state index is 12.1. The number of aryl methyl sites for hydroxylation is 2. The van der Waals surface area contributed by atoms with Gasteiger partial charge in [0, 0.05) is 14.1 Å². The summed E-state index contributed by atoms with van der Waals surface area (Å²) in [5, 5.41) is 11.0. The van der Waals surface area contributed by atoms with Crippen LogP contribution >= 0.6 is 15.9 Å². The summed E-state index contributed by atoms with van der Waals surface area (Å²) in [6.07, 6.45) is 1.62. The minimum absolute atomic E-state index is 0.248. The molecule has 2 aromatic rings. The number of carbonyl (C=O) groups excluding carboxylic acids is 1. The van der Waals surface area contributed by atoms with Crippen molar-refractivity contribution in [3.63, 3.8) is 0 Å². The highest BCUT2D eigenvalue weighted by atomic mass is 79.9. The molecule has 2 heterocycles. The standard InChI is InChI=1S/C11H14BrN5O/c1-6-8(5-13-16(6)3)14-11(18)10-9(12)7(2)17(4)15-10/h5H,1-4H3,(H,14,18). The largest absolute Gasteiger partial charge is 0.318 e. The molecule has 6 nitrogen and oxygen atoms in total. The van der Waals surface area contributed by atoms with E-state index < -0.39 is 0 Å². The van der Waals surface area contributed by atoms with Crippen LogP contribution in [0, 0.1) is 13.8 Å². The van der Waals surface area contributed by atoms with E-state index in [1.54, 1.807) is 22.6 Å². The monoisotopic (exact) mass is 311 g/mol. The lowest BCUT2D eigenvalue weighted by atomic mass is 10.3. The number of rotatable bonds is 2. The van der Waals surface area contributed by atoms with Crippen molar-refractivity contribution in [1.82, 2.24) is 19.6 Å². The van der Waals surface area contributed by atoms with Gasteiger partial charge in [-0.15, -0.1) is 0 Å². The molecule has 2 rings (SSSR count). The molecule has 0 bridgehead atoms. The van der Waals surface area contributed by atoms with E-state index in [1.165, 1.54) is 0 Å². The lowest BCUT2D eigenvalue weighted by Gasteiger charge is -2.02. The zero-order valence-corrected chi connectivity index (χ0v) is 12.2. The molecule has 0 spiro atoms. The van der Waals surface area contributed by atoms with E-state index in [0.717, 1.165) is 11.4 Å². The molecule has 0 radical (unpaired) electrons. The second kappa shape index (κ2) is 4.56. The summed E-state index contributed by atoms with van der Waals surface area (Å²) in [7, 11) is 3.62. The Hall–Kier alpha value is -1.63. The normalized spacial score (nSPS) is 10.7. The molecular weight excluding hydrogens is 298 g/mol. The maximum Gasteiger partial charge on any atom is 0.277 e. The van der Waals surface area contributed by atoms with E-state index in [-0.39, 0.29) is 5.91 Å². The van der Waals surface area contributed by atoms with Gasteiger partial charge in [0.2, 0.25) is 0 Å². The molecule has 0 saturated carbocycles. The fraction of sp³-hybridized carbons (Fsp3) is 0.364. The number of anilines is 1. The van der Waals surface area contributed by atoms with E-state index in [2.05, 4.69) is 31.4 Å². The number of amides is 1. The lowest BCUT2D eigenvalue weighted by molar-refractivity contribution is 0.102. The third-order valence-corrected chi connectivity index (χ3v) is 3.91. The summed E-state index contributed by atoms with van der Waals surface area (Å²) in [5.41, 5.74) is 2.87. The van der Waals surface area contributed by atoms with Crippen molar-refractivity contribution in [2.75, 3.05) is 5.32 Å². The fourth-order valence-corrected chi connectivity index (χ4v) is 2.05. The number of nitrogens with zero attached hydrogens (tertiary/aromatic N) is 4. The average molecular weight is 312 g/mol. The van der Waals surface area contributed by atoms with Crippen LogP contribution in [0.1, 0.15) is 21.9 Å². The van der Waals surface area contributed by atoms with Crippen LogP contribution in [0.4, 0.5) is 5.69 Å². The van der Waals surface area contributed by atoms with Crippen molar-refractivity contribution in [1.29, 1.82) is 0 Å². The quantitative estimate of drug-likeness (QED) is 0.919. The Morgan fingerprint density at radius 1 is 1.28 bits per heavy atom. The van der Waals surface area contributed by atoms with E-state index in [0.29, 0.717) is 15.9 Å². The highest BCUT2D eigenvalue weighted by molar-refractivity contribution is 9.10. The number of aromatic nitrogens is 4. The highest BCUT2D eigenvalue weighted by Gasteiger charge is 2.19.